The Balaban J connectivity index is 1.51. The molecule has 3 heterocycles. The highest BCUT2D eigenvalue weighted by Crippen LogP contribution is 2.17. The molecular formula is C16H19N7O. The average molecular weight is 325 g/mol. The summed E-state index contributed by atoms with van der Waals surface area (Å²) in [5, 5.41) is 19.6. The second kappa shape index (κ2) is 5.70. The molecule has 0 radical (unpaired) electrons. The van der Waals surface area contributed by atoms with Crippen molar-refractivity contribution in [3.8, 4) is 0 Å². The average Bonchev–Trinajstić information content (AvgIpc) is 3.18. The van der Waals surface area contributed by atoms with Gasteiger partial charge in [0.05, 0.1) is 5.52 Å². The van der Waals surface area contributed by atoms with E-state index in [1.165, 1.54) is 0 Å². The number of carbonyl (C=O) groups excluding carboxylic acids is 1. The minimum Gasteiger partial charge on any atom is -0.347 e. The van der Waals surface area contributed by atoms with E-state index in [1.807, 2.05) is 30.7 Å². The molecule has 124 valence electrons. The lowest BCUT2D eigenvalue weighted by atomic mass is 10.1. The van der Waals surface area contributed by atoms with Crippen LogP contribution in [0.15, 0.2) is 18.2 Å². The number of carbonyl (C=O) groups is 1. The van der Waals surface area contributed by atoms with E-state index in [0.717, 1.165) is 42.1 Å². The standard InChI is InChI=1S/C16H19N7O/c1-3-23-14-6-4-11(8-13(14)19-21-23)16(24)17-12-5-7-15-20-18-10(2)22(15)9-12/h4,6,8,12H,3,5,7,9H2,1-2H3,(H,17,24)/t12-/m1/s1. The lowest BCUT2D eigenvalue weighted by molar-refractivity contribution is 0.0927. The third-order valence-electron chi connectivity index (χ3n) is 4.54. The fraction of sp³-hybridized carbons (Fsp3) is 0.438. The van der Waals surface area contributed by atoms with Crippen molar-refractivity contribution in [1.82, 2.24) is 35.1 Å². The van der Waals surface area contributed by atoms with E-state index in [-0.39, 0.29) is 11.9 Å². The Bertz CT molecular complexity index is 910. The van der Waals surface area contributed by atoms with E-state index in [1.54, 1.807) is 6.07 Å². The molecule has 1 aliphatic heterocycles. The van der Waals surface area contributed by atoms with Crippen molar-refractivity contribution < 1.29 is 4.79 Å². The summed E-state index contributed by atoms with van der Waals surface area (Å²) in [6, 6.07) is 5.60. The van der Waals surface area contributed by atoms with Gasteiger partial charge in [-0.2, -0.15) is 0 Å². The molecule has 0 fully saturated rings. The number of hydrogen-bond acceptors (Lipinski definition) is 5. The topological polar surface area (TPSA) is 90.5 Å². The summed E-state index contributed by atoms with van der Waals surface area (Å²) in [4.78, 5) is 12.6. The number of hydrogen-bond donors (Lipinski definition) is 1. The van der Waals surface area contributed by atoms with Gasteiger partial charge >= 0.3 is 0 Å². The normalized spacial score (nSPS) is 17.0. The molecule has 24 heavy (non-hydrogen) atoms. The van der Waals surface area contributed by atoms with Crippen LogP contribution in [-0.4, -0.2) is 41.7 Å². The van der Waals surface area contributed by atoms with E-state index >= 15 is 0 Å². The van der Waals surface area contributed by atoms with E-state index in [9.17, 15) is 4.79 Å². The Morgan fingerprint density at radius 2 is 2.21 bits per heavy atom. The second-order valence-corrected chi connectivity index (χ2v) is 6.09. The molecule has 0 spiro atoms. The van der Waals surface area contributed by atoms with Crippen molar-refractivity contribution in [2.75, 3.05) is 0 Å². The number of benzene rings is 1. The second-order valence-electron chi connectivity index (χ2n) is 6.09. The summed E-state index contributed by atoms with van der Waals surface area (Å²) in [7, 11) is 0. The van der Waals surface area contributed by atoms with E-state index in [2.05, 4.69) is 30.4 Å². The molecule has 1 atom stereocenters. The maximum Gasteiger partial charge on any atom is 0.251 e. The summed E-state index contributed by atoms with van der Waals surface area (Å²) in [5.41, 5.74) is 2.29. The lowest BCUT2D eigenvalue weighted by Crippen LogP contribution is -2.41. The number of aromatic nitrogens is 6. The van der Waals surface area contributed by atoms with Crippen LogP contribution in [0, 0.1) is 6.92 Å². The van der Waals surface area contributed by atoms with Gasteiger partial charge in [-0.25, -0.2) is 4.68 Å². The van der Waals surface area contributed by atoms with Crippen molar-refractivity contribution in [2.24, 2.45) is 0 Å². The Labute approximate surface area is 138 Å². The summed E-state index contributed by atoms with van der Waals surface area (Å²) in [5.74, 6) is 1.80. The van der Waals surface area contributed by atoms with E-state index in [0.29, 0.717) is 12.1 Å². The molecule has 0 saturated carbocycles. The molecule has 0 saturated heterocycles. The molecular weight excluding hydrogens is 306 g/mol. The molecule has 3 aromatic rings. The van der Waals surface area contributed by atoms with Crippen LogP contribution in [0.3, 0.4) is 0 Å². The zero-order chi connectivity index (χ0) is 16.7. The molecule has 0 unspecified atom stereocenters. The number of nitrogens with one attached hydrogen (secondary N) is 1. The third-order valence-corrected chi connectivity index (χ3v) is 4.54. The first kappa shape index (κ1) is 14.8. The van der Waals surface area contributed by atoms with Gasteiger partial charge in [0.15, 0.2) is 0 Å². The van der Waals surface area contributed by atoms with E-state index < -0.39 is 0 Å². The zero-order valence-electron chi connectivity index (χ0n) is 13.7. The Kier molecular flexibility index (Phi) is 3.51. The first-order chi connectivity index (χ1) is 11.7. The summed E-state index contributed by atoms with van der Waals surface area (Å²) >= 11 is 0. The number of fused-ring (bicyclic) bond motifs is 2. The first-order valence-electron chi connectivity index (χ1n) is 8.18. The molecule has 2 aromatic heterocycles. The minimum atomic E-state index is -0.0814. The van der Waals surface area contributed by atoms with Gasteiger partial charge in [-0.15, -0.1) is 15.3 Å². The number of rotatable bonds is 3. The molecule has 8 nitrogen and oxygen atoms in total. The van der Waals surface area contributed by atoms with Gasteiger partial charge in [0.25, 0.3) is 5.91 Å². The van der Waals surface area contributed by atoms with Crippen molar-refractivity contribution in [3.63, 3.8) is 0 Å². The molecule has 8 heteroatoms. The summed E-state index contributed by atoms with van der Waals surface area (Å²) in [6.07, 6.45) is 1.70. The van der Waals surface area contributed by atoms with Crippen LogP contribution in [0.25, 0.3) is 11.0 Å². The smallest absolute Gasteiger partial charge is 0.251 e. The van der Waals surface area contributed by atoms with Crippen molar-refractivity contribution >= 4 is 16.9 Å². The molecule has 1 N–H and O–H groups in total. The van der Waals surface area contributed by atoms with E-state index in [4.69, 9.17) is 0 Å². The predicted octanol–water partition coefficient (Wildman–Crippen LogP) is 1.10. The van der Waals surface area contributed by atoms with Crippen molar-refractivity contribution in [3.05, 3.63) is 35.4 Å². The quantitative estimate of drug-likeness (QED) is 0.778. The van der Waals surface area contributed by atoms with Gasteiger partial charge in [-0.3, -0.25) is 4.79 Å². The third kappa shape index (κ3) is 2.44. The Hall–Kier alpha value is -2.77. The fourth-order valence-corrected chi connectivity index (χ4v) is 3.20. The SMILES string of the molecule is CCn1nnc2cc(C(=O)N[C@@H]3CCc4nnc(C)n4C3)ccc21. The van der Waals surface area contributed by atoms with Crippen LogP contribution >= 0.6 is 0 Å². The highest BCUT2D eigenvalue weighted by molar-refractivity contribution is 5.97. The van der Waals surface area contributed by atoms with Crippen LogP contribution in [0.2, 0.25) is 0 Å². The highest BCUT2D eigenvalue weighted by atomic mass is 16.1. The number of amides is 1. The highest BCUT2D eigenvalue weighted by Gasteiger charge is 2.23. The molecule has 1 aromatic carbocycles. The monoisotopic (exact) mass is 325 g/mol. The Morgan fingerprint density at radius 1 is 1.33 bits per heavy atom. The summed E-state index contributed by atoms with van der Waals surface area (Å²) in [6.45, 7) is 5.42. The van der Waals surface area contributed by atoms with Gasteiger partial charge in [-0.05, 0) is 38.5 Å². The van der Waals surface area contributed by atoms with Crippen LogP contribution < -0.4 is 5.32 Å². The van der Waals surface area contributed by atoms with Gasteiger partial charge in [0.1, 0.15) is 17.2 Å². The predicted molar refractivity (Wildman–Crippen MR) is 87.5 cm³/mol. The number of nitrogens with zero attached hydrogens (tertiary/aromatic N) is 6. The fourth-order valence-electron chi connectivity index (χ4n) is 3.20. The lowest BCUT2D eigenvalue weighted by Gasteiger charge is -2.24. The van der Waals surface area contributed by atoms with Crippen LogP contribution in [0.4, 0.5) is 0 Å². The zero-order valence-corrected chi connectivity index (χ0v) is 13.7. The molecule has 4 rings (SSSR count). The van der Waals surface area contributed by atoms with Gasteiger partial charge in [0.2, 0.25) is 0 Å². The molecule has 1 aliphatic rings. The van der Waals surface area contributed by atoms with Crippen molar-refractivity contribution in [2.45, 2.75) is 45.8 Å². The molecule has 0 bridgehead atoms. The minimum absolute atomic E-state index is 0.0814. The molecule has 0 aliphatic carbocycles. The van der Waals surface area contributed by atoms with Crippen molar-refractivity contribution in [1.29, 1.82) is 0 Å². The van der Waals surface area contributed by atoms with Crippen LogP contribution in [0.1, 0.15) is 35.4 Å². The maximum atomic E-state index is 12.6. The van der Waals surface area contributed by atoms with Crippen LogP contribution in [-0.2, 0) is 19.5 Å². The van der Waals surface area contributed by atoms with Crippen LogP contribution in [0.5, 0.6) is 0 Å². The molecule has 1 amide bonds. The largest absolute Gasteiger partial charge is 0.347 e. The number of aryl methyl sites for hydroxylation is 3. The summed E-state index contributed by atoms with van der Waals surface area (Å²) < 4.78 is 3.89. The maximum absolute atomic E-state index is 12.6. The van der Waals surface area contributed by atoms with Gasteiger partial charge in [0, 0.05) is 31.1 Å². The van der Waals surface area contributed by atoms with Gasteiger partial charge in [-0.1, -0.05) is 5.21 Å². The Morgan fingerprint density at radius 3 is 3.04 bits per heavy atom. The van der Waals surface area contributed by atoms with Gasteiger partial charge < -0.3 is 9.88 Å². The first-order valence-corrected chi connectivity index (χ1v) is 8.18.